The minimum absolute atomic E-state index is 0.0750. The summed E-state index contributed by atoms with van der Waals surface area (Å²) in [6.07, 6.45) is -1.40. The van der Waals surface area contributed by atoms with Gasteiger partial charge in [-0.2, -0.15) is 0 Å². The van der Waals surface area contributed by atoms with Crippen LogP contribution in [0.5, 0.6) is 0 Å². The molecular weight excluding hydrogens is 168 g/mol. The smallest absolute Gasteiger partial charge is 0.0795 e. The van der Waals surface area contributed by atoms with Crippen LogP contribution < -0.4 is 0 Å². The predicted octanol–water partition coefficient (Wildman–Crippen LogP) is 0.549. The topological polar surface area (TPSA) is 60.7 Å². The Labute approximate surface area is 79.7 Å². The van der Waals surface area contributed by atoms with E-state index in [4.69, 9.17) is 5.11 Å². The van der Waals surface area contributed by atoms with Crippen LogP contribution in [0.4, 0.5) is 0 Å². The lowest BCUT2D eigenvalue weighted by Crippen LogP contribution is -2.35. The van der Waals surface area contributed by atoms with Gasteiger partial charge in [0.15, 0.2) is 0 Å². The van der Waals surface area contributed by atoms with Crippen LogP contribution in [0, 0.1) is 11.8 Å². The molecule has 0 bridgehead atoms. The second kappa shape index (κ2) is 5.37. The summed E-state index contributed by atoms with van der Waals surface area (Å²) in [5, 5.41) is 28.0. The SMILES string of the molecule is C=C(C)[C@H](O)[C@@H](C)[C@@H](O)[C@@H](C)CO. The zero-order chi connectivity index (χ0) is 10.6. The first-order valence-corrected chi connectivity index (χ1v) is 4.54. The van der Waals surface area contributed by atoms with Crippen molar-refractivity contribution in [3.05, 3.63) is 12.2 Å². The van der Waals surface area contributed by atoms with E-state index in [1.54, 1.807) is 20.8 Å². The predicted molar refractivity (Wildman–Crippen MR) is 52.2 cm³/mol. The molecule has 3 N–H and O–H groups in total. The molecule has 0 aromatic heterocycles. The first-order valence-electron chi connectivity index (χ1n) is 4.54. The third-order valence-corrected chi connectivity index (χ3v) is 2.41. The average Bonchev–Trinajstić information content (AvgIpc) is 2.12. The van der Waals surface area contributed by atoms with Crippen molar-refractivity contribution in [1.29, 1.82) is 0 Å². The molecule has 0 aliphatic rings. The fourth-order valence-corrected chi connectivity index (χ4v) is 1.26. The van der Waals surface area contributed by atoms with Gasteiger partial charge in [0.25, 0.3) is 0 Å². The maximum atomic E-state index is 9.64. The molecule has 0 fully saturated rings. The van der Waals surface area contributed by atoms with Crippen molar-refractivity contribution in [2.75, 3.05) is 6.61 Å². The van der Waals surface area contributed by atoms with Gasteiger partial charge >= 0.3 is 0 Å². The first-order chi connectivity index (χ1) is 5.91. The Morgan fingerprint density at radius 1 is 1.31 bits per heavy atom. The van der Waals surface area contributed by atoms with Crippen molar-refractivity contribution in [1.82, 2.24) is 0 Å². The summed E-state index contributed by atoms with van der Waals surface area (Å²) < 4.78 is 0. The van der Waals surface area contributed by atoms with E-state index in [0.29, 0.717) is 5.57 Å². The first kappa shape index (κ1) is 12.6. The Morgan fingerprint density at radius 3 is 2.08 bits per heavy atom. The van der Waals surface area contributed by atoms with Gasteiger partial charge in [0.05, 0.1) is 12.2 Å². The van der Waals surface area contributed by atoms with Crippen molar-refractivity contribution in [3.63, 3.8) is 0 Å². The normalized spacial score (nSPS) is 20.5. The molecule has 4 atom stereocenters. The van der Waals surface area contributed by atoms with Crippen LogP contribution in [-0.4, -0.2) is 34.1 Å². The molecule has 0 saturated heterocycles. The maximum Gasteiger partial charge on any atom is 0.0795 e. The van der Waals surface area contributed by atoms with Crippen molar-refractivity contribution < 1.29 is 15.3 Å². The van der Waals surface area contributed by atoms with Crippen LogP contribution in [0.1, 0.15) is 20.8 Å². The van der Waals surface area contributed by atoms with Gasteiger partial charge in [-0.1, -0.05) is 26.0 Å². The van der Waals surface area contributed by atoms with Crippen LogP contribution >= 0.6 is 0 Å². The van der Waals surface area contributed by atoms with E-state index in [0.717, 1.165) is 0 Å². The fraction of sp³-hybridized carbons (Fsp3) is 0.800. The van der Waals surface area contributed by atoms with E-state index < -0.39 is 12.2 Å². The van der Waals surface area contributed by atoms with Gasteiger partial charge in [-0.15, -0.1) is 0 Å². The molecule has 13 heavy (non-hydrogen) atoms. The fourth-order valence-electron chi connectivity index (χ4n) is 1.26. The quantitative estimate of drug-likeness (QED) is 0.552. The lowest BCUT2D eigenvalue weighted by atomic mass is 9.87. The van der Waals surface area contributed by atoms with Crippen LogP contribution in [0.3, 0.4) is 0 Å². The molecule has 0 radical (unpaired) electrons. The highest BCUT2D eigenvalue weighted by Crippen LogP contribution is 2.19. The number of hydrogen-bond acceptors (Lipinski definition) is 3. The molecule has 0 aromatic carbocycles. The Balaban J connectivity index is 4.24. The molecule has 3 heteroatoms. The van der Waals surface area contributed by atoms with E-state index in [1.165, 1.54) is 0 Å². The summed E-state index contributed by atoms with van der Waals surface area (Å²) in [4.78, 5) is 0. The molecule has 0 unspecified atom stereocenters. The molecule has 0 aromatic rings. The molecule has 0 spiro atoms. The highest BCUT2D eigenvalue weighted by atomic mass is 16.3. The van der Waals surface area contributed by atoms with Crippen LogP contribution in [0.2, 0.25) is 0 Å². The van der Waals surface area contributed by atoms with Gasteiger partial charge in [0, 0.05) is 18.4 Å². The molecular formula is C10H20O3. The van der Waals surface area contributed by atoms with E-state index >= 15 is 0 Å². The van der Waals surface area contributed by atoms with Crippen molar-refractivity contribution >= 4 is 0 Å². The summed E-state index contributed by atoms with van der Waals surface area (Å²) in [5.74, 6) is -0.511. The third kappa shape index (κ3) is 3.46. The molecule has 0 aliphatic heterocycles. The zero-order valence-electron chi connectivity index (χ0n) is 8.57. The number of aliphatic hydroxyl groups is 3. The maximum absolute atomic E-state index is 9.64. The summed E-state index contributed by atoms with van der Waals surface area (Å²) in [5.41, 5.74) is 0.636. The summed E-state index contributed by atoms with van der Waals surface area (Å²) in [7, 11) is 0. The Bertz CT molecular complexity index is 168. The van der Waals surface area contributed by atoms with Gasteiger partial charge in [0.2, 0.25) is 0 Å². The lowest BCUT2D eigenvalue weighted by molar-refractivity contribution is -0.00734. The standard InChI is InChI=1S/C10H20O3/c1-6(2)9(12)8(4)10(13)7(3)5-11/h7-13H,1,5H2,2-4H3/t7-,8+,9-,10-/m0/s1. The molecule has 3 nitrogen and oxygen atoms in total. The molecule has 0 saturated carbocycles. The van der Waals surface area contributed by atoms with Crippen LogP contribution in [0.15, 0.2) is 12.2 Å². The highest BCUT2D eigenvalue weighted by Gasteiger charge is 2.26. The second-order valence-corrected chi connectivity index (χ2v) is 3.80. The summed E-state index contributed by atoms with van der Waals surface area (Å²) in [6.45, 7) is 8.75. The molecule has 0 rings (SSSR count). The van der Waals surface area contributed by atoms with Crippen molar-refractivity contribution in [2.24, 2.45) is 11.8 Å². The molecule has 0 heterocycles. The average molecular weight is 188 g/mol. The number of rotatable bonds is 5. The molecule has 0 aliphatic carbocycles. The lowest BCUT2D eigenvalue weighted by Gasteiger charge is -2.27. The highest BCUT2D eigenvalue weighted by molar-refractivity contribution is 5.00. The van der Waals surface area contributed by atoms with Crippen LogP contribution in [-0.2, 0) is 0 Å². The van der Waals surface area contributed by atoms with E-state index in [1.807, 2.05) is 0 Å². The Hall–Kier alpha value is -0.380. The molecule has 0 amide bonds. The summed E-state index contributed by atoms with van der Waals surface area (Å²) in [6, 6.07) is 0. The number of aliphatic hydroxyl groups excluding tert-OH is 3. The summed E-state index contributed by atoms with van der Waals surface area (Å²) >= 11 is 0. The van der Waals surface area contributed by atoms with E-state index in [9.17, 15) is 10.2 Å². The Morgan fingerprint density at radius 2 is 1.77 bits per heavy atom. The second-order valence-electron chi connectivity index (χ2n) is 3.80. The molecule has 78 valence electrons. The van der Waals surface area contributed by atoms with E-state index in [-0.39, 0.29) is 18.4 Å². The van der Waals surface area contributed by atoms with Crippen molar-refractivity contribution in [3.8, 4) is 0 Å². The minimum atomic E-state index is -0.705. The van der Waals surface area contributed by atoms with Gasteiger partial charge < -0.3 is 15.3 Å². The Kier molecular flexibility index (Phi) is 5.21. The van der Waals surface area contributed by atoms with Gasteiger partial charge in [-0.3, -0.25) is 0 Å². The minimum Gasteiger partial charge on any atom is -0.396 e. The third-order valence-electron chi connectivity index (χ3n) is 2.41. The van der Waals surface area contributed by atoms with Crippen LogP contribution in [0.25, 0.3) is 0 Å². The van der Waals surface area contributed by atoms with Crippen molar-refractivity contribution in [2.45, 2.75) is 33.0 Å². The van der Waals surface area contributed by atoms with Gasteiger partial charge in [-0.05, 0) is 6.92 Å². The number of hydrogen-bond donors (Lipinski definition) is 3. The van der Waals surface area contributed by atoms with E-state index in [2.05, 4.69) is 6.58 Å². The van der Waals surface area contributed by atoms with Gasteiger partial charge in [0.1, 0.15) is 0 Å². The zero-order valence-corrected chi connectivity index (χ0v) is 8.57. The largest absolute Gasteiger partial charge is 0.396 e. The van der Waals surface area contributed by atoms with Gasteiger partial charge in [-0.25, -0.2) is 0 Å². The monoisotopic (exact) mass is 188 g/mol.